The summed E-state index contributed by atoms with van der Waals surface area (Å²) in [5.41, 5.74) is 5.71. The standard InChI is InChI=1S/C11H20N2O4S/c1-6(2)10-13(8(5-18-10)11(15)16)9(14)7(12)4-17-3/h6-8,10H,4-5,12H2,1-3H3,(H,15,16). The molecule has 1 aliphatic rings. The van der Waals surface area contributed by atoms with Crippen molar-refractivity contribution < 1.29 is 19.4 Å². The lowest BCUT2D eigenvalue weighted by atomic mass is 10.1. The highest BCUT2D eigenvalue weighted by atomic mass is 32.2. The summed E-state index contributed by atoms with van der Waals surface area (Å²) in [4.78, 5) is 24.8. The SMILES string of the molecule is COCC(N)C(=O)N1C(C(=O)O)CSC1C(C)C. The van der Waals surface area contributed by atoms with Crippen molar-refractivity contribution in [2.45, 2.75) is 31.3 Å². The summed E-state index contributed by atoms with van der Waals surface area (Å²) in [5.74, 6) is -0.751. The summed E-state index contributed by atoms with van der Waals surface area (Å²) in [6, 6.07) is -1.60. The molecule has 18 heavy (non-hydrogen) atoms. The Kier molecular flexibility index (Phi) is 5.43. The molecule has 0 aromatic carbocycles. The summed E-state index contributed by atoms with van der Waals surface area (Å²) in [6.07, 6.45) is 0. The minimum Gasteiger partial charge on any atom is -0.480 e. The van der Waals surface area contributed by atoms with Gasteiger partial charge in [0.1, 0.15) is 12.1 Å². The number of ether oxygens (including phenoxy) is 1. The van der Waals surface area contributed by atoms with E-state index in [-0.39, 0.29) is 23.8 Å². The summed E-state index contributed by atoms with van der Waals surface area (Å²) in [7, 11) is 1.46. The van der Waals surface area contributed by atoms with E-state index in [1.54, 1.807) is 0 Å². The maximum atomic E-state index is 12.2. The number of methoxy groups -OCH3 is 1. The molecule has 1 heterocycles. The van der Waals surface area contributed by atoms with Crippen molar-refractivity contribution in [2.24, 2.45) is 11.7 Å². The van der Waals surface area contributed by atoms with Crippen LogP contribution in [-0.2, 0) is 14.3 Å². The second kappa shape index (κ2) is 6.40. The number of hydrogen-bond donors (Lipinski definition) is 2. The molecule has 1 rings (SSSR count). The smallest absolute Gasteiger partial charge is 0.327 e. The van der Waals surface area contributed by atoms with Crippen LogP contribution in [0.1, 0.15) is 13.8 Å². The number of amides is 1. The zero-order chi connectivity index (χ0) is 13.9. The van der Waals surface area contributed by atoms with Crippen molar-refractivity contribution in [1.82, 2.24) is 4.90 Å². The van der Waals surface area contributed by atoms with Crippen molar-refractivity contribution in [3.05, 3.63) is 0 Å². The van der Waals surface area contributed by atoms with Crippen LogP contribution in [0.2, 0.25) is 0 Å². The number of nitrogens with two attached hydrogens (primary N) is 1. The molecule has 3 unspecified atom stereocenters. The maximum absolute atomic E-state index is 12.2. The molecule has 3 atom stereocenters. The van der Waals surface area contributed by atoms with Gasteiger partial charge >= 0.3 is 5.97 Å². The Bertz CT molecular complexity index is 324. The molecule has 1 saturated heterocycles. The fraction of sp³-hybridized carbons (Fsp3) is 0.818. The average Bonchev–Trinajstić information content (AvgIpc) is 2.72. The minimum atomic E-state index is -0.983. The van der Waals surface area contributed by atoms with E-state index in [1.165, 1.54) is 23.8 Å². The highest BCUT2D eigenvalue weighted by molar-refractivity contribution is 8.00. The number of carbonyl (C=O) groups excluding carboxylic acids is 1. The Labute approximate surface area is 111 Å². The number of hydrogen-bond acceptors (Lipinski definition) is 5. The van der Waals surface area contributed by atoms with Gasteiger partial charge in [0.15, 0.2) is 0 Å². The number of carboxylic acid groups (broad SMARTS) is 1. The van der Waals surface area contributed by atoms with Crippen LogP contribution in [0, 0.1) is 5.92 Å². The van der Waals surface area contributed by atoms with Crippen LogP contribution in [0.3, 0.4) is 0 Å². The largest absolute Gasteiger partial charge is 0.480 e. The van der Waals surface area contributed by atoms with Crippen LogP contribution in [0.25, 0.3) is 0 Å². The normalized spacial score (nSPS) is 25.5. The van der Waals surface area contributed by atoms with Gasteiger partial charge in [0.25, 0.3) is 0 Å². The fourth-order valence-corrected chi connectivity index (χ4v) is 3.43. The number of carboxylic acids is 1. The Morgan fingerprint density at radius 1 is 1.56 bits per heavy atom. The molecule has 6 nitrogen and oxygen atoms in total. The molecule has 0 aliphatic carbocycles. The topological polar surface area (TPSA) is 92.9 Å². The predicted octanol–water partition coefficient (Wildman–Crippen LogP) is -0.0292. The van der Waals surface area contributed by atoms with Gasteiger partial charge in [0, 0.05) is 12.9 Å². The molecular formula is C11H20N2O4S. The quantitative estimate of drug-likeness (QED) is 0.732. The zero-order valence-corrected chi connectivity index (χ0v) is 11.6. The lowest BCUT2D eigenvalue weighted by molar-refractivity contribution is -0.150. The fourth-order valence-electron chi connectivity index (χ4n) is 1.95. The van der Waals surface area contributed by atoms with Gasteiger partial charge in [-0.15, -0.1) is 11.8 Å². The first kappa shape index (κ1) is 15.3. The lowest BCUT2D eigenvalue weighted by Gasteiger charge is -2.31. The van der Waals surface area contributed by atoms with E-state index in [1.807, 2.05) is 13.8 Å². The van der Waals surface area contributed by atoms with E-state index in [0.29, 0.717) is 5.75 Å². The van der Waals surface area contributed by atoms with Crippen molar-refractivity contribution in [2.75, 3.05) is 19.5 Å². The van der Waals surface area contributed by atoms with Gasteiger partial charge in [-0.2, -0.15) is 0 Å². The molecule has 0 aromatic heterocycles. The second-order valence-corrected chi connectivity index (χ2v) is 5.78. The van der Waals surface area contributed by atoms with E-state index in [2.05, 4.69) is 0 Å². The van der Waals surface area contributed by atoms with Gasteiger partial charge in [-0.3, -0.25) is 4.79 Å². The van der Waals surface area contributed by atoms with Crippen LogP contribution >= 0.6 is 11.8 Å². The first-order chi connectivity index (χ1) is 8.40. The number of aliphatic carboxylic acids is 1. The Morgan fingerprint density at radius 2 is 2.17 bits per heavy atom. The number of nitrogens with zero attached hydrogens (tertiary/aromatic N) is 1. The highest BCUT2D eigenvalue weighted by Gasteiger charge is 2.44. The second-order valence-electron chi connectivity index (χ2n) is 4.63. The van der Waals surface area contributed by atoms with E-state index < -0.39 is 18.1 Å². The Balaban J connectivity index is 2.89. The number of thioether (sulfide) groups is 1. The molecule has 0 saturated carbocycles. The van der Waals surface area contributed by atoms with Crippen molar-refractivity contribution in [1.29, 1.82) is 0 Å². The average molecular weight is 276 g/mol. The molecule has 1 amide bonds. The van der Waals surface area contributed by atoms with Gasteiger partial charge in [0.05, 0.1) is 12.0 Å². The third kappa shape index (κ3) is 3.15. The maximum Gasteiger partial charge on any atom is 0.327 e. The van der Waals surface area contributed by atoms with Gasteiger partial charge in [0.2, 0.25) is 5.91 Å². The number of rotatable bonds is 5. The third-order valence-electron chi connectivity index (χ3n) is 2.81. The molecule has 1 fully saturated rings. The van der Waals surface area contributed by atoms with Crippen molar-refractivity contribution in [3.63, 3.8) is 0 Å². The summed E-state index contributed by atoms with van der Waals surface area (Å²) in [6.45, 7) is 4.02. The molecule has 0 bridgehead atoms. The monoisotopic (exact) mass is 276 g/mol. The third-order valence-corrected chi connectivity index (χ3v) is 4.43. The van der Waals surface area contributed by atoms with Gasteiger partial charge in [-0.1, -0.05) is 13.8 Å². The molecule has 0 aromatic rings. The van der Waals surface area contributed by atoms with Crippen LogP contribution in [0.15, 0.2) is 0 Å². The van der Waals surface area contributed by atoms with E-state index >= 15 is 0 Å². The van der Waals surface area contributed by atoms with Gasteiger partial charge in [-0.05, 0) is 5.92 Å². The van der Waals surface area contributed by atoms with Gasteiger partial charge in [-0.25, -0.2) is 4.79 Å². The van der Waals surface area contributed by atoms with Crippen LogP contribution in [-0.4, -0.2) is 58.8 Å². The van der Waals surface area contributed by atoms with E-state index in [9.17, 15) is 9.59 Å². The Morgan fingerprint density at radius 3 is 2.61 bits per heavy atom. The molecule has 7 heteroatoms. The first-order valence-corrected chi connectivity index (χ1v) is 6.86. The summed E-state index contributed by atoms with van der Waals surface area (Å²) in [5, 5.41) is 9.03. The minimum absolute atomic E-state index is 0.0944. The molecule has 104 valence electrons. The molecular weight excluding hydrogens is 256 g/mol. The van der Waals surface area contributed by atoms with E-state index in [4.69, 9.17) is 15.6 Å². The van der Waals surface area contributed by atoms with Crippen molar-refractivity contribution >= 4 is 23.6 Å². The van der Waals surface area contributed by atoms with Crippen LogP contribution in [0.4, 0.5) is 0 Å². The number of carbonyl (C=O) groups is 2. The zero-order valence-electron chi connectivity index (χ0n) is 10.8. The molecule has 1 aliphatic heterocycles. The van der Waals surface area contributed by atoms with Crippen LogP contribution < -0.4 is 5.73 Å². The molecule has 0 spiro atoms. The molecule has 0 radical (unpaired) electrons. The lowest BCUT2D eigenvalue weighted by Crippen LogP contribution is -2.54. The first-order valence-electron chi connectivity index (χ1n) is 5.81. The highest BCUT2D eigenvalue weighted by Crippen LogP contribution is 2.34. The molecule has 3 N–H and O–H groups in total. The van der Waals surface area contributed by atoms with Crippen molar-refractivity contribution in [3.8, 4) is 0 Å². The van der Waals surface area contributed by atoms with Gasteiger partial charge < -0.3 is 20.5 Å². The summed E-state index contributed by atoms with van der Waals surface area (Å²) >= 11 is 1.49. The van der Waals surface area contributed by atoms with Crippen LogP contribution in [0.5, 0.6) is 0 Å². The summed E-state index contributed by atoms with van der Waals surface area (Å²) < 4.78 is 4.85. The predicted molar refractivity (Wildman–Crippen MR) is 69.2 cm³/mol. The van der Waals surface area contributed by atoms with E-state index in [0.717, 1.165) is 0 Å². The Hall–Kier alpha value is -0.790.